The molecule has 0 atom stereocenters. The van der Waals surface area contributed by atoms with Crippen molar-refractivity contribution < 1.29 is 14.3 Å². The molecule has 130 valence electrons. The molecule has 0 saturated carbocycles. The first-order valence-corrected chi connectivity index (χ1v) is 8.32. The number of hydrogen-bond donors (Lipinski definition) is 2. The molecule has 0 radical (unpaired) electrons. The number of rotatable bonds is 4. The molecule has 25 heavy (non-hydrogen) atoms. The predicted molar refractivity (Wildman–Crippen MR) is 95.9 cm³/mol. The van der Waals surface area contributed by atoms with E-state index in [2.05, 4.69) is 14.9 Å². The van der Waals surface area contributed by atoms with E-state index in [-0.39, 0.29) is 19.1 Å². The Balaban J connectivity index is 1.71. The van der Waals surface area contributed by atoms with Gasteiger partial charge in [-0.2, -0.15) is 9.47 Å². The minimum atomic E-state index is -0.413. The summed E-state index contributed by atoms with van der Waals surface area (Å²) in [6, 6.07) is 7.07. The van der Waals surface area contributed by atoms with Crippen LogP contribution in [0.2, 0.25) is 0 Å². The molecule has 0 fully saturated rings. The van der Waals surface area contributed by atoms with E-state index in [4.69, 9.17) is 10.5 Å². The average Bonchev–Trinajstić information content (AvgIpc) is 2.94. The molecular weight excluding hydrogens is 342 g/mol. The van der Waals surface area contributed by atoms with Gasteiger partial charge in [-0.1, -0.05) is 12.1 Å². The van der Waals surface area contributed by atoms with E-state index in [1.807, 2.05) is 13.0 Å². The maximum absolute atomic E-state index is 12.2. The number of para-hydroxylation sites is 2. The van der Waals surface area contributed by atoms with Crippen LogP contribution in [0.1, 0.15) is 18.2 Å². The number of nitrogen functional groups attached to an aromatic ring is 1. The number of nitrogens with zero attached hydrogens (tertiary/aromatic N) is 3. The van der Waals surface area contributed by atoms with Crippen molar-refractivity contribution in [3.05, 3.63) is 35.5 Å². The quantitative estimate of drug-likeness (QED) is 0.631. The minimum Gasteiger partial charge on any atom is -0.482 e. The lowest BCUT2D eigenvalue weighted by Gasteiger charge is -2.28. The number of hydrazone groups is 1. The van der Waals surface area contributed by atoms with Gasteiger partial charge >= 0.3 is 0 Å². The normalized spacial score (nSPS) is 14.1. The summed E-state index contributed by atoms with van der Waals surface area (Å²) in [5.74, 6) is -0.122. The molecule has 0 saturated heterocycles. The highest BCUT2D eigenvalue weighted by molar-refractivity contribution is 7.10. The van der Waals surface area contributed by atoms with Crippen LogP contribution in [0.5, 0.6) is 5.75 Å². The number of nitrogens with one attached hydrogen (secondary N) is 1. The molecule has 1 aromatic carbocycles. The Hall–Kier alpha value is -2.94. The number of anilines is 2. The van der Waals surface area contributed by atoms with E-state index in [1.165, 1.54) is 16.4 Å². The molecule has 8 nitrogen and oxygen atoms in total. The predicted octanol–water partition coefficient (Wildman–Crippen LogP) is 1.30. The summed E-state index contributed by atoms with van der Waals surface area (Å²) < 4.78 is 9.50. The molecule has 3 N–H and O–H groups in total. The highest BCUT2D eigenvalue weighted by Crippen LogP contribution is 2.31. The van der Waals surface area contributed by atoms with Gasteiger partial charge in [0, 0.05) is 0 Å². The number of benzene rings is 1. The van der Waals surface area contributed by atoms with Crippen molar-refractivity contribution in [1.82, 2.24) is 9.80 Å². The average molecular weight is 359 g/mol. The molecule has 0 aliphatic carbocycles. The Morgan fingerprint density at radius 3 is 2.96 bits per heavy atom. The summed E-state index contributed by atoms with van der Waals surface area (Å²) >= 11 is 1.18. The van der Waals surface area contributed by atoms with Crippen LogP contribution >= 0.6 is 11.5 Å². The molecule has 0 spiro atoms. The number of aryl methyl sites for hydroxylation is 1. The van der Waals surface area contributed by atoms with Crippen LogP contribution in [0, 0.1) is 6.92 Å². The number of nitrogens with two attached hydrogens (primary N) is 1. The van der Waals surface area contributed by atoms with E-state index < -0.39 is 5.91 Å². The lowest BCUT2D eigenvalue weighted by Crippen LogP contribution is -2.44. The van der Waals surface area contributed by atoms with Crippen molar-refractivity contribution in [2.24, 2.45) is 5.10 Å². The fraction of sp³-hybridized carbons (Fsp3) is 0.250. The van der Waals surface area contributed by atoms with Crippen molar-refractivity contribution in [2.45, 2.75) is 13.8 Å². The van der Waals surface area contributed by atoms with Gasteiger partial charge in [0.05, 0.1) is 22.7 Å². The van der Waals surface area contributed by atoms with Gasteiger partial charge in [-0.05, 0) is 37.5 Å². The monoisotopic (exact) mass is 359 g/mol. The highest BCUT2D eigenvalue weighted by Gasteiger charge is 2.26. The van der Waals surface area contributed by atoms with E-state index in [0.717, 1.165) is 11.3 Å². The summed E-state index contributed by atoms with van der Waals surface area (Å²) in [5, 5.41) is 4.62. The number of ether oxygens (including phenoxy) is 1. The van der Waals surface area contributed by atoms with Gasteiger partial charge in [0.15, 0.2) is 6.61 Å². The lowest BCUT2D eigenvalue weighted by atomic mass is 10.2. The van der Waals surface area contributed by atoms with Crippen LogP contribution in [-0.2, 0) is 9.59 Å². The SMILES string of the molecule is C/C(=N/NC(=O)CN1C(=O)COc2ccccc21)c1c(C)nsc1N. The first-order chi connectivity index (χ1) is 12.0. The molecule has 1 aromatic heterocycles. The van der Waals surface area contributed by atoms with Crippen molar-refractivity contribution in [2.75, 3.05) is 23.8 Å². The molecular formula is C16H17N5O3S. The van der Waals surface area contributed by atoms with Crippen molar-refractivity contribution >= 4 is 39.7 Å². The Morgan fingerprint density at radius 1 is 1.48 bits per heavy atom. The van der Waals surface area contributed by atoms with E-state index in [1.54, 1.807) is 25.1 Å². The summed E-state index contributed by atoms with van der Waals surface area (Å²) in [7, 11) is 0. The van der Waals surface area contributed by atoms with Gasteiger partial charge in [0.2, 0.25) is 0 Å². The first kappa shape index (κ1) is 16.9. The van der Waals surface area contributed by atoms with Crippen molar-refractivity contribution in [3.8, 4) is 5.75 Å². The van der Waals surface area contributed by atoms with Gasteiger partial charge in [-0.25, -0.2) is 5.43 Å². The third-order valence-corrected chi connectivity index (χ3v) is 4.48. The Labute approximate surface area is 148 Å². The van der Waals surface area contributed by atoms with Crippen LogP contribution < -0.4 is 20.8 Å². The molecule has 3 rings (SSSR count). The third kappa shape index (κ3) is 3.45. The zero-order valence-electron chi connectivity index (χ0n) is 13.8. The van der Waals surface area contributed by atoms with Crippen LogP contribution in [0.15, 0.2) is 29.4 Å². The fourth-order valence-electron chi connectivity index (χ4n) is 2.54. The van der Waals surface area contributed by atoms with Crippen LogP contribution in [-0.4, -0.2) is 35.1 Å². The minimum absolute atomic E-state index is 0.0944. The second-order valence-corrected chi connectivity index (χ2v) is 6.28. The topological polar surface area (TPSA) is 110 Å². The molecule has 0 unspecified atom stereocenters. The van der Waals surface area contributed by atoms with E-state index in [9.17, 15) is 9.59 Å². The second-order valence-electron chi connectivity index (χ2n) is 5.48. The zero-order valence-corrected chi connectivity index (χ0v) is 14.6. The number of carbonyl (C=O) groups is 2. The molecule has 2 aromatic rings. The number of carbonyl (C=O) groups excluding carboxylic acids is 2. The van der Waals surface area contributed by atoms with E-state index >= 15 is 0 Å². The van der Waals surface area contributed by atoms with Gasteiger partial charge < -0.3 is 10.5 Å². The molecule has 1 aliphatic heterocycles. The third-order valence-electron chi connectivity index (χ3n) is 3.71. The molecule has 1 aliphatic rings. The largest absolute Gasteiger partial charge is 0.482 e. The molecule has 0 bridgehead atoms. The first-order valence-electron chi connectivity index (χ1n) is 7.55. The van der Waals surface area contributed by atoms with Gasteiger partial charge in [-0.15, -0.1) is 0 Å². The summed E-state index contributed by atoms with van der Waals surface area (Å²) in [5.41, 5.74) is 10.9. The van der Waals surface area contributed by atoms with Gasteiger partial charge in [0.25, 0.3) is 11.8 Å². The Kier molecular flexibility index (Phi) is 4.66. The van der Waals surface area contributed by atoms with Crippen molar-refractivity contribution in [1.29, 1.82) is 0 Å². The second kappa shape index (κ2) is 6.89. The van der Waals surface area contributed by atoms with Crippen LogP contribution in [0.3, 0.4) is 0 Å². The standard InChI is InChI=1S/C16H17N5O3S/c1-9(15-10(2)20-25-16(15)17)18-19-13(22)7-21-11-5-3-4-6-12(11)24-8-14(21)23/h3-6H,7-8,17H2,1-2H3,(H,19,22)/b18-9-. The molecule has 9 heteroatoms. The number of amides is 2. The zero-order chi connectivity index (χ0) is 18.0. The summed E-state index contributed by atoms with van der Waals surface area (Å²) in [6.45, 7) is 3.32. The van der Waals surface area contributed by atoms with Crippen LogP contribution in [0.25, 0.3) is 0 Å². The fourth-order valence-corrected chi connectivity index (χ4v) is 3.25. The lowest BCUT2D eigenvalue weighted by molar-refractivity contribution is -0.125. The number of fused-ring (bicyclic) bond motifs is 1. The summed E-state index contributed by atoms with van der Waals surface area (Å²) in [4.78, 5) is 25.7. The Bertz CT molecular complexity index is 842. The number of aromatic nitrogens is 1. The summed E-state index contributed by atoms with van der Waals surface area (Å²) in [6.07, 6.45) is 0. The van der Waals surface area contributed by atoms with Gasteiger partial charge in [-0.3, -0.25) is 14.5 Å². The highest BCUT2D eigenvalue weighted by atomic mass is 32.1. The van der Waals surface area contributed by atoms with Crippen molar-refractivity contribution in [3.63, 3.8) is 0 Å². The Morgan fingerprint density at radius 2 is 2.24 bits per heavy atom. The molecule has 2 heterocycles. The maximum atomic E-state index is 12.2. The smallest absolute Gasteiger partial charge is 0.265 e. The molecule has 2 amide bonds. The van der Waals surface area contributed by atoms with Gasteiger partial charge in [0.1, 0.15) is 17.3 Å². The van der Waals surface area contributed by atoms with E-state index in [0.29, 0.717) is 22.1 Å². The van der Waals surface area contributed by atoms with Crippen LogP contribution in [0.4, 0.5) is 10.7 Å². The maximum Gasteiger partial charge on any atom is 0.265 e. The number of hydrogen-bond acceptors (Lipinski definition) is 7.